The van der Waals surface area contributed by atoms with Crippen molar-refractivity contribution in [1.29, 1.82) is 0 Å². The molecule has 0 aliphatic carbocycles. The monoisotopic (exact) mass is 290 g/mol. The summed E-state index contributed by atoms with van der Waals surface area (Å²) in [7, 11) is 0. The molecule has 0 spiro atoms. The third-order valence-electron chi connectivity index (χ3n) is 4.50. The van der Waals surface area contributed by atoms with E-state index in [1.54, 1.807) is 0 Å². The average molecular weight is 290 g/mol. The fraction of sp³-hybridized carbons (Fsp3) is 0.667. The van der Waals surface area contributed by atoms with Gasteiger partial charge in [-0.05, 0) is 56.8 Å². The molecule has 1 fully saturated rings. The lowest BCUT2D eigenvalue weighted by atomic mass is 9.94. The number of aryl methyl sites for hydroxylation is 3. The molecule has 118 valence electrons. The van der Waals surface area contributed by atoms with Crippen LogP contribution in [0.15, 0.2) is 12.1 Å². The quantitative estimate of drug-likeness (QED) is 0.875. The molecule has 2 unspecified atom stereocenters. The second-order valence-electron chi connectivity index (χ2n) is 6.41. The predicted octanol–water partition coefficient (Wildman–Crippen LogP) is 3.11. The van der Waals surface area contributed by atoms with Gasteiger partial charge in [-0.3, -0.25) is 4.90 Å². The molecular weight excluding hydrogens is 260 g/mol. The molecule has 1 aromatic rings. The van der Waals surface area contributed by atoms with Crippen molar-refractivity contribution in [3.05, 3.63) is 34.4 Å². The zero-order chi connectivity index (χ0) is 15.4. The van der Waals surface area contributed by atoms with Crippen LogP contribution in [0, 0.1) is 20.8 Å². The number of likely N-dealkylation sites (N-methyl/N-ethyl adjacent to an activating group) is 1. The van der Waals surface area contributed by atoms with Crippen LogP contribution in [0.2, 0.25) is 0 Å². The second-order valence-corrected chi connectivity index (χ2v) is 6.41. The molecule has 1 aliphatic heterocycles. The first kappa shape index (κ1) is 16.5. The summed E-state index contributed by atoms with van der Waals surface area (Å²) in [5.41, 5.74) is 11.8. The summed E-state index contributed by atoms with van der Waals surface area (Å²) in [6, 6.07) is 4.55. The maximum absolute atomic E-state index is 6.51. The van der Waals surface area contributed by atoms with Gasteiger partial charge in [0.2, 0.25) is 0 Å². The van der Waals surface area contributed by atoms with Crippen LogP contribution in [-0.2, 0) is 4.74 Å². The van der Waals surface area contributed by atoms with Crippen molar-refractivity contribution in [2.45, 2.75) is 52.7 Å². The SMILES string of the molecule is CCN(CC1CCCO1)CC(N)c1c(C)cc(C)cc1C. The smallest absolute Gasteiger partial charge is 0.0702 e. The highest BCUT2D eigenvalue weighted by Crippen LogP contribution is 2.23. The minimum absolute atomic E-state index is 0.0759. The lowest BCUT2D eigenvalue weighted by Gasteiger charge is -2.28. The number of hydrogen-bond donors (Lipinski definition) is 1. The van der Waals surface area contributed by atoms with Crippen molar-refractivity contribution in [2.75, 3.05) is 26.2 Å². The van der Waals surface area contributed by atoms with Crippen molar-refractivity contribution in [3.63, 3.8) is 0 Å². The van der Waals surface area contributed by atoms with E-state index in [2.05, 4.69) is 44.7 Å². The minimum atomic E-state index is 0.0759. The topological polar surface area (TPSA) is 38.5 Å². The molecule has 1 aliphatic rings. The van der Waals surface area contributed by atoms with Crippen LogP contribution < -0.4 is 5.73 Å². The molecule has 0 aromatic heterocycles. The summed E-state index contributed by atoms with van der Waals surface area (Å²) in [6.07, 6.45) is 2.79. The third kappa shape index (κ3) is 4.29. The zero-order valence-electron chi connectivity index (χ0n) is 14.0. The normalized spacial score (nSPS) is 20.2. The number of ether oxygens (including phenoxy) is 1. The van der Waals surface area contributed by atoms with E-state index in [-0.39, 0.29) is 6.04 Å². The molecule has 21 heavy (non-hydrogen) atoms. The van der Waals surface area contributed by atoms with Crippen molar-refractivity contribution >= 4 is 0 Å². The lowest BCUT2D eigenvalue weighted by Crippen LogP contribution is -2.37. The summed E-state index contributed by atoms with van der Waals surface area (Å²) in [5.74, 6) is 0. The van der Waals surface area contributed by atoms with Crippen LogP contribution in [0.5, 0.6) is 0 Å². The molecule has 2 rings (SSSR count). The van der Waals surface area contributed by atoms with E-state index in [1.807, 2.05) is 0 Å². The Morgan fingerprint density at radius 2 is 1.95 bits per heavy atom. The highest BCUT2D eigenvalue weighted by Gasteiger charge is 2.21. The summed E-state index contributed by atoms with van der Waals surface area (Å²) >= 11 is 0. The first-order valence-corrected chi connectivity index (χ1v) is 8.18. The minimum Gasteiger partial charge on any atom is -0.377 e. The highest BCUT2D eigenvalue weighted by molar-refractivity contribution is 5.39. The van der Waals surface area contributed by atoms with Gasteiger partial charge in [-0.15, -0.1) is 0 Å². The van der Waals surface area contributed by atoms with Gasteiger partial charge in [0.25, 0.3) is 0 Å². The Bertz CT molecular complexity index is 443. The molecule has 0 saturated carbocycles. The number of nitrogens with two attached hydrogens (primary N) is 1. The van der Waals surface area contributed by atoms with Crippen LogP contribution in [-0.4, -0.2) is 37.2 Å². The van der Waals surface area contributed by atoms with Gasteiger partial charge in [-0.25, -0.2) is 0 Å². The highest BCUT2D eigenvalue weighted by atomic mass is 16.5. The average Bonchev–Trinajstić information content (AvgIpc) is 2.89. The Kier molecular flexibility index (Phi) is 5.80. The number of benzene rings is 1. The van der Waals surface area contributed by atoms with Gasteiger partial charge >= 0.3 is 0 Å². The standard InChI is InChI=1S/C18H30N2O/c1-5-20(11-16-7-6-8-21-16)12-17(19)18-14(3)9-13(2)10-15(18)4/h9-10,16-17H,5-8,11-12,19H2,1-4H3. The van der Waals surface area contributed by atoms with Crippen LogP contribution in [0.4, 0.5) is 0 Å². The Hall–Kier alpha value is -0.900. The van der Waals surface area contributed by atoms with Crippen molar-refractivity contribution < 1.29 is 4.74 Å². The van der Waals surface area contributed by atoms with Crippen molar-refractivity contribution in [1.82, 2.24) is 4.90 Å². The van der Waals surface area contributed by atoms with E-state index < -0.39 is 0 Å². The molecule has 0 amide bonds. The van der Waals surface area contributed by atoms with Gasteiger partial charge in [0, 0.05) is 25.7 Å². The van der Waals surface area contributed by atoms with E-state index in [0.29, 0.717) is 6.10 Å². The number of rotatable bonds is 6. The molecule has 0 bridgehead atoms. The largest absolute Gasteiger partial charge is 0.377 e. The first-order valence-electron chi connectivity index (χ1n) is 8.18. The summed E-state index contributed by atoms with van der Waals surface area (Å²) in [5, 5.41) is 0. The molecule has 0 radical (unpaired) electrons. The van der Waals surface area contributed by atoms with Crippen molar-refractivity contribution in [3.8, 4) is 0 Å². The maximum Gasteiger partial charge on any atom is 0.0702 e. The molecule has 1 saturated heterocycles. The Labute approximate surface area is 129 Å². The van der Waals surface area contributed by atoms with Crippen LogP contribution in [0.3, 0.4) is 0 Å². The van der Waals surface area contributed by atoms with Gasteiger partial charge in [0.1, 0.15) is 0 Å². The molecule has 1 heterocycles. The third-order valence-corrected chi connectivity index (χ3v) is 4.50. The lowest BCUT2D eigenvalue weighted by molar-refractivity contribution is 0.0729. The molecule has 1 aromatic carbocycles. The van der Waals surface area contributed by atoms with Crippen LogP contribution in [0.1, 0.15) is 48.1 Å². The maximum atomic E-state index is 6.51. The molecule has 2 atom stereocenters. The molecule has 3 nitrogen and oxygen atoms in total. The fourth-order valence-electron chi connectivity index (χ4n) is 3.55. The van der Waals surface area contributed by atoms with Gasteiger partial charge in [-0.2, -0.15) is 0 Å². The Balaban J connectivity index is 2.03. The van der Waals surface area contributed by atoms with Crippen molar-refractivity contribution in [2.24, 2.45) is 5.73 Å². The van der Waals surface area contributed by atoms with Gasteiger partial charge in [0.15, 0.2) is 0 Å². The van der Waals surface area contributed by atoms with Gasteiger partial charge in [0.05, 0.1) is 6.10 Å². The van der Waals surface area contributed by atoms with E-state index in [9.17, 15) is 0 Å². The van der Waals surface area contributed by atoms with Crippen LogP contribution >= 0.6 is 0 Å². The molecular formula is C18H30N2O. The summed E-state index contributed by atoms with van der Waals surface area (Å²) in [4.78, 5) is 2.43. The second kappa shape index (κ2) is 7.39. The van der Waals surface area contributed by atoms with E-state index in [4.69, 9.17) is 10.5 Å². The molecule has 2 N–H and O–H groups in total. The molecule has 3 heteroatoms. The predicted molar refractivity (Wildman–Crippen MR) is 88.7 cm³/mol. The number of hydrogen-bond acceptors (Lipinski definition) is 3. The van der Waals surface area contributed by atoms with Gasteiger partial charge in [-0.1, -0.05) is 24.6 Å². The zero-order valence-corrected chi connectivity index (χ0v) is 14.0. The number of nitrogens with zero attached hydrogens (tertiary/aromatic N) is 1. The fourth-order valence-corrected chi connectivity index (χ4v) is 3.55. The first-order chi connectivity index (χ1) is 10.0. The summed E-state index contributed by atoms with van der Waals surface area (Å²) in [6.45, 7) is 12.6. The van der Waals surface area contributed by atoms with Gasteiger partial charge < -0.3 is 10.5 Å². The summed E-state index contributed by atoms with van der Waals surface area (Å²) < 4.78 is 5.75. The Morgan fingerprint density at radius 1 is 1.29 bits per heavy atom. The van der Waals surface area contributed by atoms with Crippen LogP contribution in [0.25, 0.3) is 0 Å². The Morgan fingerprint density at radius 3 is 2.48 bits per heavy atom. The van der Waals surface area contributed by atoms with E-state index in [0.717, 1.165) is 26.2 Å². The van der Waals surface area contributed by atoms with E-state index >= 15 is 0 Å². The van der Waals surface area contributed by atoms with E-state index in [1.165, 1.54) is 35.1 Å².